The standard InChI is InChI=1S/C10H18N2O4S3/c1-10(2,3)19(15,16)12-7-6-8-4-5-9(17-8)18(11,13)14/h4-5,12H,6-7H2,1-3H3,(H2,11,13,14). The average molecular weight is 326 g/mol. The second-order valence-corrected chi connectivity index (χ2v) is 10.5. The van der Waals surface area contributed by atoms with Gasteiger partial charge in [-0.2, -0.15) is 0 Å². The lowest BCUT2D eigenvalue weighted by molar-refractivity contribution is 0.545. The van der Waals surface area contributed by atoms with Crippen LogP contribution in [0, 0.1) is 0 Å². The van der Waals surface area contributed by atoms with Gasteiger partial charge in [-0.1, -0.05) is 0 Å². The average Bonchev–Trinajstić information content (AvgIpc) is 2.63. The van der Waals surface area contributed by atoms with E-state index in [4.69, 9.17) is 5.14 Å². The number of hydrogen-bond donors (Lipinski definition) is 2. The van der Waals surface area contributed by atoms with Crippen LogP contribution < -0.4 is 9.86 Å². The second kappa shape index (κ2) is 5.49. The monoisotopic (exact) mass is 326 g/mol. The molecular weight excluding hydrogens is 308 g/mol. The molecule has 0 atom stereocenters. The van der Waals surface area contributed by atoms with Crippen molar-refractivity contribution < 1.29 is 16.8 Å². The molecule has 0 saturated heterocycles. The van der Waals surface area contributed by atoms with Gasteiger partial charge in [0.05, 0.1) is 4.75 Å². The van der Waals surface area contributed by atoms with Crippen molar-refractivity contribution in [3.05, 3.63) is 17.0 Å². The van der Waals surface area contributed by atoms with Crippen LogP contribution >= 0.6 is 11.3 Å². The second-order valence-electron chi connectivity index (χ2n) is 5.03. The minimum absolute atomic E-state index is 0.0844. The summed E-state index contributed by atoms with van der Waals surface area (Å²) in [6.07, 6.45) is 0.426. The van der Waals surface area contributed by atoms with Crippen molar-refractivity contribution in [1.29, 1.82) is 0 Å². The SMILES string of the molecule is CC(C)(C)S(=O)(=O)NCCc1ccc(S(N)(=O)=O)s1. The van der Waals surface area contributed by atoms with Gasteiger partial charge in [0.15, 0.2) is 0 Å². The number of hydrogen-bond acceptors (Lipinski definition) is 5. The summed E-state index contributed by atoms with van der Waals surface area (Å²) in [4.78, 5) is 0.764. The molecule has 1 aromatic rings. The molecule has 0 aliphatic rings. The molecule has 0 saturated carbocycles. The zero-order chi connectivity index (χ0) is 14.9. The lowest BCUT2D eigenvalue weighted by atomic mass is 10.3. The fraction of sp³-hybridized carbons (Fsp3) is 0.600. The Balaban J connectivity index is 2.63. The predicted molar refractivity (Wildman–Crippen MR) is 76.1 cm³/mol. The highest BCUT2D eigenvalue weighted by atomic mass is 32.2. The number of thiophene rings is 1. The van der Waals surface area contributed by atoms with Crippen molar-refractivity contribution in [3.63, 3.8) is 0 Å². The normalized spacial score (nSPS) is 13.7. The molecule has 6 nitrogen and oxygen atoms in total. The topological polar surface area (TPSA) is 106 Å². The third-order valence-corrected chi connectivity index (χ3v) is 7.17. The number of sulfonamides is 2. The first-order chi connectivity index (χ1) is 8.43. The zero-order valence-corrected chi connectivity index (χ0v) is 13.5. The van der Waals surface area contributed by atoms with E-state index in [0.717, 1.165) is 16.2 Å². The van der Waals surface area contributed by atoms with Crippen molar-refractivity contribution in [3.8, 4) is 0 Å². The molecule has 0 aromatic carbocycles. The van der Waals surface area contributed by atoms with Crippen LogP contribution in [-0.2, 0) is 26.5 Å². The van der Waals surface area contributed by atoms with Gasteiger partial charge < -0.3 is 0 Å². The van der Waals surface area contributed by atoms with E-state index in [-0.39, 0.29) is 10.8 Å². The molecule has 0 aliphatic carbocycles. The molecule has 0 fully saturated rings. The molecular formula is C10H18N2O4S3. The van der Waals surface area contributed by atoms with Gasteiger partial charge in [0, 0.05) is 11.4 Å². The first-order valence-corrected chi connectivity index (χ1v) is 9.39. The quantitative estimate of drug-likeness (QED) is 0.828. The Labute approximate surface area is 118 Å². The lowest BCUT2D eigenvalue weighted by Crippen LogP contribution is -2.40. The van der Waals surface area contributed by atoms with Gasteiger partial charge in [0.25, 0.3) is 0 Å². The summed E-state index contributed by atoms with van der Waals surface area (Å²) < 4.78 is 47.5. The van der Waals surface area contributed by atoms with Crippen molar-refractivity contribution >= 4 is 31.4 Å². The van der Waals surface area contributed by atoms with Crippen molar-refractivity contribution in [1.82, 2.24) is 4.72 Å². The summed E-state index contributed by atoms with van der Waals surface area (Å²) >= 11 is 1.05. The van der Waals surface area contributed by atoms with E-state index in [1.807, 2.05) is 0 Å². The minimum atomic E-state index is -3.68. The Kier molecular flexibility index (Phi) is 4.79. The minimum Gasteiger partial charge on any atom is -0.224 e. The van der Waals surface area contributed by atoms with Crippen LogP contribution in [0.1, 0.15) is 25.6 Å². The highest BCUT2D eigenvalue weighted by Crippen LogP contribution is 2.20. The fourth-order valence-corrected chi connectivity index (χ4v) is 3.75. The molecule has 0 unspecified atom stereocenters. The summed E-state index contributed by atoms with van der Waals surface area (Å²) in [6, 6.07) is 3.06. The summed E-state index contributed by atoms with van der Waals surface area (Å²) in [5.74, 6) is 0. The third kappa shape index (κ3) is 4.53. The summed E-state index contributed by atoms with van der Waals surface area (Å²) in [6.45, 7) is 5.06. The van der Waals surface area contributed by atoms with Crippen LogP contribution in [0.4, 0.5) is 0 Å². The Hall–Kier alpha value is -0.480. The van der Waals surface area contributed by atoms with E-state index in [0.29, 0.717) is 6.42 Å². The molecule has 1 heterocycles. The van der Waals surface area contributed by atoms with Gasteiger partial charge in [-0.3, -0.25) is 0 Å². The highest BCUT2D eigenvalue weighted by molar-refractivity contribution is 7.91. The molecule has 0 bridgehead atoms. The molecule has 19 heavy (non-hydrogen) atoms. The summed E-state index contributed by atoms with van der Waals surface area (Å²) in [5.41, 5.74) is 0. The molecule has 1 rings (SSSR count). The van der Waals surface area contributed by atoms with Crippen LogP contribution in [0.3, 0.4) is 0 Å². The molecule has 0 amide bonds. The van der Waals surface area contributed by atoms with Gasteiger partial charge in [0.2, 0.25) is 20.0 Å². The molecule has 0 spiro atoms. The van der Waals surface area contributed by atoms with E-state index in [9.17, 15) is 16.8 Å². The number of nitrogens with two attached hydrogens (primary N) is 1. The van der Waals surface area contributed by atoms with Crippen LogP contribution in [0.2, 0.25) is 0 Å². The Morgan fingerprint density at radius 1 is 1.21 bits per heavy atom. The number of rotatable bonds is 5. The van der Waals surface area contributed by atoms with Gasteiger partial charge >= 0.3 is 0 Å². The molecule has 3 N–H and O–H groups in total. The van der Waals surface area contributed by atoms with Crippen LogP contribution in [0.15, 0.2) is 16.3 Å². The Morgan fingerprint density at radius 2 is 1.79 bits per heavy atom. The molecule has 9 heteroatoms. The maximum Gasteiger partial charge on any atom is 0.247 e. The van der Waals surface area contributed by atoms with E-state index in [2.05, 4.69) is 4.72 Å². The van der Waals surface area contributed by atoms with E-state index in [1.54, 1.807) is 26.8 Å². The van der Waals surface area contributed by atoms with E-state index >= 15 is 0 Å². The van der Waals surface area contributed by atoms with Crippen molar-refractivity contribution in [2.24, 2.45) is 5.14 Å². The van der Waals surface area contributed by atoms with Crippen molar-refractivity contribution in [2.45, 2.75) is 36.1 Å². The number of nitrogens with one attached hydrogen (secondary N) is 1. The fourth-order valence-electron chi connectivity index (χ4n) is 1.17. The van der Waals surface area contributed by atoms with E-state index < -0.39 is 24.8 Å². The Bertz CT molecular complexity index is 639. The van der Waals surface area contributed by atoms with Gasteiger partial charge in [-0.05, 0) is 39.3 Å². The van der Waals surface area contributed by atoms with Gasteiger partial charge in [0.1, 0.15) is 4.21 Å². The largest absolute Gasteiger partial charge is 0.247 e. The first kappa shape index (κ1) is 16.6. The van der Waals surface area contributed by atoms with Gasteiger partial charge in [-0.25, -0.2) is 26.7 Å². The third-order valence-electron chi connectivity index (χ3n) is 2.39. The molecule has 1 aromatic heterocycles. The summed E-state index contributed by atoms with van der Waals surface area (Å²) in [7, 11) is -7.06. The Morgan fingerprint density at radius 3 is 2.21 bits per heavy atom. The highest BCUT2D eigenvalue weighted by Gasteiger charge is 2.28. The van der Waals surface area contributed by atoms with Crippen LogP contribution in [-0.4, -0.2) is 28.1 Å². The molecule has 0 aliphatic heterocycles. The van der Waals surface area contributed by atoms with Crippen molar-refractivity contribution in [2.75, 3.05) is 6.54 Å². The van der Waals surface area contributed by atoms with Crippen LogP contribution in [0.5, 0.6) is 0 Å². The van der Waals surface area contributed by atoms with Crippen LogP contribution in [0.25, 0.3) is 0 Å². The molecule has 0 radical (unpaired) electrons. The van der Waals surface area contributed by atoms with Gasteiger partial charge in [-0.15, -0.1) is 11.3 Å². The maximum absolute atomic E-state index is 11.8. The maximum atomic E-state index is 11.8. The zero-order valence-electron chi connectivity index (χ0n) is 11.0. The first-order valence-electron chi connectivity index (χ1n) is 5.54. The smallest absolute Gasteiger partial charge is 0.224 e. The summed E-state index contributed by atoms with van der Waals surface area (Å²) in [5, 5.41) is 5.00. The van der Waals surface area contributed by atoms with E-state index in [1.165, 1.54) is 6.07 Å². The lowest BCUT2D eigenvalue weighted by Gasteiger charge is -2.19. The predicted octanol–water partition coefficient (Wildman–Crippen LogP) is 0.656. The molecule has 110 valence electrons. The number of primary sulfonamides is 1.